The second kappa shape index (κ2) is 5.84. The molecule has 0 saturated carbocycles. The highest BCUT2D eigenvalue weighted by molar-refractivity contribution is 5.91. The third-order valence-corrected chi connectivity index (χ3v) is 3.62. The minimum atomic E-state index is 0.485. The summed E-state index contributed by atoms with van der Waals surface area (Å²) in [4.78, 5) is 0. The van der Waals surface area contributed by atoms with E-state index in [0.717, 1.165) is 33.4 Å². The van der Waals surface area contributed by atoms with Crippen LogP contribution in [0.1, 0.15) is 11.1 Å². The first kappa shape index (κ1) is 14.6. The van der Waals surface area contributed by atoms with Crippen LogP contribution < -0.4 is 16.4 Å². The molecule has 1 aromatic heterocycles. The van der Waals surface area contributed by atoms with E-state index >= 15 is 0 Å². The van der Waals surface area contributed by atoms with E-state index in [2.05, 4.69) is 27.4 Å². The average Bonchev–Trinajstić information content (AvgIpc) is 2.90. The monoisotopic (exact) mass is 306 g/mol. The molecule has 1 heterocycles. The van der Waals surface area contributed by atoms with Crippen molar-refractivity contribution >= 4 is 34.3 Å². The molecule has 0 amide bonds. The molecule has 6 nitrogen and oxygen atoms in total. The SMILES string of the molecule is C=C(Nc1ccc2c(N)n[nH]c2c1)Nc1c(C)cccc1C=N. The Kier molecular flexibility index (Phi) is 3.72. The number of aryl methyl sites for hydroxylation is 1. The van der Waals surface area contributed by atoms with Crippen molar-refractivity contribution < 1.29 is 0 Å². The Bertz CT molecular complexity index is 893. The zero-order valence-electron chi connectivity index (χ0n) is 12.8. The quantitative estimate of drug-likeness (QED) is 0.466. The fourth-order valence-corrected chi connectivity index (χ4v) is 2.46. The average molecular weight is 306 g/mol. The normalized spacial score (nSPS) is 10.5. The van der Waals surface area contributed by atoms with Crippen molar-refractivity contribution in [1.29, 1.82) is 5.41 Å². The summed E-state index contributed by atoms with van der Waals surface area (Å²) >= 11 is 0. The van der Waals surface area contributed by atoms with Gasteiger partial charge >= 0.3 is 0 Å². The number of para-hydroxylation sites is 1. The molecule has 3 rings (SSSR count). The standard InChI is InChI=1S/C17H18N6/c1-10-4-3-5-12(9-18)16(10)21-11(2)20-13-6-7-14-15(8-13)22-23-17(14)19/h3-9,18,20-21H,2H2,1H3,(H3,19,22,23). The summed E-state index contributed by atoms with van der Waals surface area (Å²) in [5.41, 5.74) is 10.2. The number of fused-ring (bicyclic) bond motifs is 1. The summed E-state index contributed by atoms with van der Waals surface area (Å²) in [7, 11) is 0. The maximum atomic E-state index is 7.50. The summed E-state index contributed by atoms with van der Waals surface area (Å²) in [6.07, 6.45) is 1.32. The molecule has 23 heavy (non-hydrogen) atoms. The van der Waals surface area contributed by atoms with Gasteiger partial charge in [0, 0.05) is 22.9 Å². The van der Waals surface area contributed by atoms with Gasteiger partial charge in [-0.2, -0.15) is 5.10 Å². The number of anilines is 3. The van der Waals surface area contributed by atoms with E-state index < -0.39 is 0 Å². The zero-order valence-corrected chi connectivity index (χ0v) is 12.8. The topological polar surface area (TPSA) is 103 Å². The summed E-state index contributed by atoms with van der Waals surface area (Å²) < 4.78 is 0. The first-order valence-electron chi connectivity index (χ1n) is 7.15. The number of nitrogens with two attached hydrogens (primary N) is 1. The van der Waals surface area contributed by atoms with Crippen molar-refractivity contribution in [2.45, 2.75) is 6.92 Å². The van der Waals surface area contributed by atoms with Crippen LogP contribution in [0.15, 0.2) is 48.8 Å². The smallest absolute Gasteiger partial charge is 0.153 e. The Balaban J connectivity index is 1.80. The van der Waals surface area contributed by atoms with E-state index in [9.17, 15) is 0 Å². The van der Waals surface area contributed by atoms with Crippen LogP contribution in [-0.2, 0) is 0 Å². The van der Waals surface area contributed by atoms with E-state index in [1.54, 1.807) is 0 Å². The van der Waals surface area contributed by atoms with Crippen LogP contribution in [-0.4, -0.2) is 16.4 Å². The van der Waals surface area contributed by atoms with Crippen molar-refractivity contribution in [2.24, 2.45) is 0 Å². The van der Waals surface area contributed by atoms with Gasteiger partial charge in [-0.1, -0.05) is 24.8 Å². The number of rotatable bonds is 5. The molecule has 116 valence electrons. The lowest BCUT2D eigenvalue weighted by molar-refractivity contribution is 1.13. The molecule has 0 saturated heterocycles. The summed E-state index contributed by atoms with van der Waals surface area (Å²) in [5, 5.41) is 21.7. The Morgan fingerprint density at radius 1 is 1.30 bits per heavy atom. The molecule has 0 aliphatic rings. The number of nitrogens with zero attached hydrogens (tertiary/aromatic N) is 1. The molecule has 2 aromatic carbocycles. The van der Waals surface area contributed by atoms with Gasteiger partial charge in [-0.3, -0.25) is 5.10 Å². The van der Waals surface area contributed by atoms with E-state index in [1.807, 2.05) is 43.3 Å². The molecule has 3 aromatic rings. The molecule has 0 spiro atoms. The van der Waals surface area contributed by atoms with Crippen LogP contribution in [0.3, 0.4) is 0 Å². The van der Waals surface area contributed by atoms with Crippen molar-refractivity contribution in [2.75, 3.05) is 16.4 Å². The number of benzene rings is 2. The third kappa shape index (κ3) is 2.87. The number of H-pyrrole nitrogens is 1. The van der Waals surface area contributed by atoms with Gasteiger partial charge in [-0.05, 0) is 30.7 Å². The van der Waals surface area contributed by atoms with Gasteiger partial charge in [0.1, 0.15) is 5.82 Å². The van der Waals surface area contributed by atoms with Crippen LogP contribution in [0.25, 0.3) is 10.9 Å². The van der Waals surface area contributed by atoms with Crippen LogP contribution in [0, 0.1) is 12.3 Å². The highest BCUT2D eigenvalue weighted by Gasteiger charge is 2.06. The minimum Gasteiger partial charge on any atom is -0.382 e. The third-order valence-electron chi connectivity index (χ3n) is 3.62. The lowest BCUT2D eigenvalue weighted by Crippen LogP contribution is -2.10. The predicted octanol–water partition coefficient (Wildman–Crippen LogP) is 3.45. The second-order valence-corrected chi connectivity index (χ2v) is 5.28. The molecule has 6 heteroatoms. The Morgan fingerprint density at radius 3 is 2.91 bits per heavy atom. The van der Waals surface area contributed by atoms with Crippen LogP contribution in [0.5, 0.6) is 0 Å². The van der Waals surface area contributed by atoms with Crippen molar-refractivity contribution in [3.8, 4) is 0 Å². The maximum Gasteiger partial charge on any atom is 0.153 e. The molecule has 0 bridgehead atoms. The largest absolute Gasteiger partial charge is 0.382 e. The van der Waals surface area contributed by atoms with E-state index in [1.165, 1.54) is 6.21 Å². The molecule has 0 unspecified atom stereocenters. The molecule has 6 N–H and O–H groups in total. The number of hydrogen-bond donors (Lipinski definition) is 5. The van der Waals surface area contributed by atoms with Gasteiger partial charge in [0.15, 0.2) is 5.82 Å². The van der Waals surface area contributed by atoms with Gasteiger partial charge in [-0.15, -0.1) is 0 Å². The first-order valence-corrected chi connectivity index (χ1v) is 7.15. The number of hydrogen-bond acceptors (Lipinski definition) is 5. The van der Waals surface area contributed by atoms with Crippen molar-refractivity contribution in [3.05, 3.63) is 59.9 Å². The molecular formula is C17H18N6. The van der Waals surface area contributed by atoms with Crippen LogP contribution >= 0.6 is 0 Å². The van der Waals surface area contributed by atoms with Crippen LogP contribution in [0.4, 0.5) is 17.2 Å². The second-order valence-electron chi connectivity index (χ2n) is 5.28. The molecule has 0 fully saturated rings. The Morgan fingerprint density at radius 2 is 2.13 bits per heavy atom. The van der Waals surface area contributed by atoms with E-state index in [-0.39, 0.29) is 0 Å². The number of nitrogens with one attached hydrogen (secondary N) is 4. The summed E-state index contributed by atoms with van der Waals surface area (Å²) in [6.45, 7) is 5.99. The Labute approximate surface area is 133 Å². The minimum absolute atomic E-state index is 0.485. The Hall–Kier alpha value is -3.28. The highest BCUT2D eigenvalue weighted by Crippen LogP contribution is 2.24. The van der Waals surface area contributed by atoms with Gasteiger partial charge in [0.25, 0.3) is 0 Å². The molecular weight excluding hydrogens is 288 g/mol. The lowest BCUT2D eigenvalue weighted by atomic mass is 10.1. The van der Waals surface area contributed by atoms with Crippen LogP contribution in [0.2, 0.25) is 0 Å². The maximum absolute atomic E-state index is 7.50. The lowest BCUT2D eigenvalue weighted by Gasteiger charge is -2.16. The van der Waals surface area contributed by atoms with Gasteiger partial charge in [-0.25, -0.2) is 0 Å². The van der Waals surface area contributed by atoms with E-state index in [4.69, 9.17) is 11.1 Å². The predicted molar refractivity (Wildman–Crippen MR) is 96.0 cm³/mol. The van der Waals surface area contributed by atoms with E-state index in [0.29, 0.717) is 11.6 Å². The molecule has 0 aliphatic carbocycles. The van der Waals surface area contributed by atoms with Gasteiger partial charge in [0.2, 0.25) is 0 Å². The number of aromatic nitrogens is 2. The number of nitrogen functional groups attached to an aromatic ring is 1. The number of aromatic amines is 1. The van der Waals surface area contributed by atoms with Gasteiger partial charge < -0.3 is 21.8 Å². The van der Waals surface area contributed by atoms with Gasteiger partial charge in [0.05, 0.1) is 11.2 Å². The molecule has 0 aliphatic heterocycles. The first-order chi connectivity index (χ1) is 11.1. The summed E-state index contributed by atoms with van der Waals surface area (Å²) in [6, 6.07) is 11.5. The zero-order chi connectivity index (χ0) is 16.4. The fraction of sp³-hybridized carbons (Fsp3) is 0.0588. The fourth-order valence-electron chi connectivity index (χ4n) is 2.46. The van der Waals surface area contributed by atoms with Crippen molar-refractivity contribution in [3.63, 3.8) is 0 Å². The van der Waals surface area contributed by atoms with Crippen molar-refractivity contribution in [1.82, 2.24) is 10.2 Å². The summed E-state index contributed by atoms with van der Waals surface area (Å²) in [5.74, 6) is 1.10. The molecule has 0 radical (unpaired) electrons. The molecule has 0 atom stereocenters. The highest BCUT2D eigenvalue weighted by atomic mass is 15.2.